The number of sulfonamides is 1. The van der Waals surface area contributed by atoms with Gasteiger partial charge in [-0.15, -0.1) is 0 Å². The van der Waals surface area contributed by atoms with Crippen LogP contribution in [-0.2, 0) is 20.9 Å². The van der Waals surface area contributed by atoms with Crippen LogP contribution in [0.25, 0.3) is 0 Å². The lowest BCUT2D eigenvalue weighted by Crippen LogP contribution is -2.51. The molecule has 0 aromatic heterocycles. The first kappa shape index (κ1) is 21.8. The van der Waals surface area contributed by atoms with Crippen molar-refractivity contribution in [1.82, 2.24) is 9.21 Å². The highest BCUT2D eigenvalue weighted by Crippen LogP contribution is 2.36. The molecule has 1 heterocycles. The molecule has 1 aromatic rings. The number of carbonyl (C=O) groups excluding carboxylic acids is 1. The zero-order valence-corrected chi connectivity index (χ0v) is 16.6. The lowest BCUT2D eigenvalue weighted by atomic mass is 10.2. The number of rotatable bonds is 2. The summed E-state index contributed by atoms with van der Waals surface area (Å²) in [6.07, 6.45) is -5.33. The van der Waals surface area contributed by atoms with Gasteiger partial charge in [-0.05, 0) is 39.0 Å². The van der Waals surface area contributed by atoms with Gasteiger partial charge in [-0.25, -0.2) is 13.2 Å². The van der Waals surface area contributed by atoms with Crippen molar-refractivity contribution in [3.63, 3.8) is 0 Å². The fourth-order valence-corrected chi connectivity index (χ4v) is 4.14. The monoisotopic (exact) mass is 428 g/mol. The van der Waals surface area contributed by atoms with Crippen LogP contribution in [-0.4, -0.2) is 55.5 Å². The third kappa shape index (κ3) is 5.26. The van der Waals surface area contributed by atoms with Crippen LogP contribution in [0.4, 0.5) is 18.0 Å². The predicted molar refractivity (Wildman–Crippen MR) is 93.0 cm³/mol. The van der Waals surface area contributed by atoms with Gasteiger partial charge in [-0.3, -0.25) is 0 Å². The Morgan fingerprint density at radius 1 is 1.11 bits per heavy atom. The first-order chi connectivity index (χ1) is 12.2. The van der Waals surface area contributed by atoms with E-state index < -0.39 is 43.4 Å². The van der Waals surface area contributed by atoms with Crippen LogP contribution in [0.15, 0.2) is 23.1 Å². The van der Waals surface area contributed by atoms with Crippen molar-refractivity contribution in [2.45, 2.75) is 37.4 Å². The summed E-state index contributed by atoms with van der Waals surface area (Å²) in [4.78, 5) is 12.9. The molecule has 27 heavy (non-hydrogen) atoms. The summed E-state index contributed by atoms with van der Waals surface area (Å²) in [5.74, 6) is 0. The molecule has 0 atom stereocenters. The Morgan fingerprint density at radius 2 is 1.67 bits per heavy atom. The summed E-state index contributed by atoms with van der Waals surface area (Å²) < 4.78 is 70.5. The number of alkyl halides is 3. The number of benzene rings is 1. The molecule has 0 N–H and O–H groups in total. The first-order valence-corrected chi connectivity index (χ1v) is 9.88. The number of piperazine rings is 1. The molecule has 1 aliphatic heterocycles. The summed E-state index contributed by atoms with van der Waals surface area (Å²) in [6.45, 7) is 5.19. The number of ether oxygens (including phenoxy) is 1. The van der Waals surface area contributed by atoms with Gasteiger partial charge in [0, 0.05) is 26.2 Å². The van der Waals surface area contributed by atoms with Gasteiger partial charge < -0.3 is 9.64 Å². The second-order valence-corrected chi connectivity index (χ2v) is 9.36. The summed E-state index contributed by atoms with van der Waals surface area (Å²) in [6, 6.07) is 2.47. The van der Waals surface area contributed by atoms with Gasteiger partial charge in [-0.2, -0.15) is 17.5 Å². The largest absolute Gasteiger partial charge is 0.444 e. The van der Waals surface area contributed by atoms with Crippen molar-refractivity contribution in [2.24, 2.45) is 0 Å². The lowest BCUT2D eigenvalue weighted by molar-refractivity contribution is -0.137. The van der Waals surface area contributed by atoms with Crippen molar-refractivity contribution < 1.29 is 31.1 Å². The molecule has 0 radical (unpaired) electrons. The molecule has 2 rings (SSSR count). The number of hydrogen-bond acceptors (Lipinski definition) is 4. The van der Waals surface area contributed by atoms with Crippen molar-refractivity contribution in [3.05, 3.63) is 28.8 Å². The molecule has 1 saturated heterocycles. The Morgan fingerprint density at radius 3 is 2.15 bits per heavy atom. The quantitative estimate of drug-likeness (QED) is 0.721. The number of halogens is 4. The lowest BCUT2D eigenvalue weighted by Gasteiger charge is -2.35. The molecular weight excluding hydrogens is 409 g/mol. The van der Waals surface area contributed by atoms with E-state index in [-0.39, 0.29) is 26.2 Å². The molecule has 152 valence electrons. The van der Waals surface area contributed by atoms with Gasteiger partial charge in [-0.1, -0.05) is 11.6 Å². The number of nitrogens with zero attached hydrogens (tertiary/aromatic N) is 2. The smallest absolute Gasteiger partial charge is 0.417 e. The van der Waals surface area contributed by atoms with E-state index in [0.717, 1.165) is 16.4 Å². The second kappa shape index (κ2) is 7.48. The molecule has 0 saturated carbocycles. The van der Waals surface area contributed by atoms with Crippen LogP contribution in [0, 0.1) is 0 Å². The minimum Gasteiger partial charge on any atom is -0.444 e. The molecule has 1 aliphatic rings. The zero-order valence-electron chi connectivity index (χ0n) is 15.0. The number of carbonyl (C=O) groups is 1. The van der Waals surface area contributed by atoms with Crippen LogP contribution >= 0.6 is 11.6 Å². The van der Waals surface area contributed by atoms with E-state index in [1.165, 1.54) is 4.90 Å². The fourth-order valence-electron chi connectivity index (χ4n) is 2.47. The second-order valence-electron chi connectivity index (χ2n) is 7.01. The van der Waals surface area contributed by atoms with E-state index >= 15 is 0 Å². The maximum absolute atomic E-state index is 13.0. The maximum Gasteiger partial charge on any atom is 0.417 e. The Kier molecular flexibility index (Phi) is 6.03. The molecule has 1 amide bonds. The van der Waals surface area contributed by atoms with Crippen LogP contribution in [0.1, 0.15) is 26.3 Å². The summed E-state index contributed by atoms with van der Waals surface area (Å²) in [7, 11) is -4.15. The van der Waals surface area contributed by atoms with Gasteiger partial charge >= 0.3 is 12.3 Å². The Labute approximate surface area is 160 Å². The third-order valence-corrected chi connectivity index (χ3v) is 6.00. The molecule has 0 aliphatic carbocycles. The van der Waals surface area contributed by atoms with E-state index in [0.29, 0.717) is 6.07 Å². The van der Waals surface area contributed by atoms with Crippen molar-refractivity contribution in [2.75, 3.05) is 26.2 Å². The predicted octanol–water partition coefficient (Wildman–Crippen LogP) is 3.60. The molecular formula is C16H20ClF3N2O4S. The third-order valence-electron chi connectivity index (χ3n) is 3.77. The molecule has 0 spiro atoms. The average molecular weight is 429 g/mol. The summed E-state index contributed by atoms with van der Waals surface area (Å²) >= 11 is 5.54. The molecule has 11 heteroatoms. The van der Waals surface area contributed by atoms with E-state index in [1.54, 1.807) is 20.8 Å². The van der Waals surface area contributed by atoms with Gasteiger partial charge in [0.2, 0.25) is 10.0 Å². The van der Waals surface area contributed by atoms with E-state index in [9.17, 15) is 26.4 Å². The number of amides is 1. The molecule has 1 fully saturated rings. The summed E-state index contributed by atoms with van der Waals surface area (Å²) in [5, 5.41) is -0.573. The van der Waals surface area contributed by atoms with Crippen LogP contribution < -0.4 is 0 Å². The SMILES string of the molecule is CC(C)(C)OC(=O)N1CCN(S(=O)(=O)c2ccc(Cl)c(C(F)(F)F)c2)CC1. The van der Waals surface area contributed by atoms with Crippen molar-refractivity contribution >= 4 is 27.7 Å². The van der Waals surface area contributed by atoms with E-state index in [2.05, 4.69) is 0 Å². The van der Waals surface area contributed by atoms with Crippen molar-refractivity contribution in [3.8, 4) is 0 Å². The Bertz CT molecular complexity index is 814. The molecule has 0 unspecified atom stereocenters. The minimum absolute atomic E-state index is 0.0500. The molecule has 1 aromatic carbocycles. The fraction of sp³-hybridized carbons (Fsp3) is 0.562. The van der Waals surface area contributed by atoms with Gasteiger partial charge in [0.15, 0.2) is 0 Å². The van der Waals surface area contributed by atoms with Crippen LogP contribution in [0.5, 0.6) is 0 Å². The highest BCUT2D eigenvalue weighted by atomic mass is 35.5. The van der Waals surface area contributed by atoms with Gasteiger partial charge in [0.05, 0.1) is 15.5 Å². The first-order valence-electron chi connectivity index (χ1n) is 8.06. The van der Waals surface area contributed by atoms with Crippen LogP contribution in [0.3, 0.4) is 0 Å². The average Bonchev–Trinajstić information content (AvgIpc) is 2.52. The zero-order chi connectivity index (χ0) is 20.6. The van der Waals surface area contributed by atoms with Gasteiger partial charge in [0.1, 0.15) is 5.60 Å². The maximum atomic E-state index is 13.0. The Hall–Kier alpha value is -1.52. The number of hydrogen-bond donors (Lipinski definition) is 0. The van der Waals surface area contributed by atoms with E-state index in [4.69, 9.17) is 16.3 Å². The highest BCUT2D eigenvalue weighted by molar-refractivity contribution is 7.89. The minimum atomic E-state index is -4.77. The summed E-state index contributed by atoms with van der Waals surface area (Å²) in [5.41, 5.74) is -1.89. The molecule has 6 nitrogen and oxygen atoms in total. The molecule has 0 bridgehead atoms. The standard InChI is InChI=1S/C16H20ClF3N2O4S/c1-15(2,3)26-14(23)21-6-8-22(9-7-21)27(24,25)11-4-5-13(17)12(10-11)16(18,19)20/h4-5,10H,6-9H2,1-3H3. The normalized spacial score (nSPS) is 17.1. The topological polar surface area (TPSA) is 66.9 Å². The van der Waals surface area contributed by atoms with Crippen LogP contribution in [0.2, 0.25) is 5.02 Å². The Balaban J connectivity index is 2.15. The highest BCUT2D eigenvalue weighted by Gasteiger charge is 2.36. The van der Waals surface area contributed by atoms with Gasteiger partial charge in [0.25, 0.3) is 0 Å². The van der Waals surface area contributed by atoms with E-state index in [1.807, 2.05) is 0 Å². The van der Waals surface area contributed by atoms with Crippen molar-refractivity contribution in [1.29, 1.82) is 0 Å².